The van der Waals surface area contributed by atoms with E-state index in [1.807, 2.05) is 31.2 Å². The molecule has 1 saturated heterocycles. The van der Waals surface area contributed by atoms with Crippen molar-refractivity contribution in [2.75, 3.05) is 14.2 Å². The number of imide groups is 1. The van der Waals surface area contributed by atoms with Crippen LogP contribution in [-0.4, -0.2) is 37.0 Å². The van der Waals surface area contributed by atoms with Gasteiger partial charge in [0.2, 0.25) is 5.76 Å². The number of rotatable bonds is 8. The molecule has 0 saturated carbocycles. The molecule has 1 N–H and O–H groups in total. The van der Waals surface area contributed by atoms with Crippen LogP contribution in [0.1, 0.15) is 33.0 Å². The maximum atomic E-state index is 12.9. The quantitative estimate of drug-likeness (QED) is 0.241. The van der Waals surface area contributed by atoms with Gasteiger partial charge in [-0.05, 0) is 48.4 Å². The van der Waals surface area contributed by atoms with Gasteiger partial charge < -0.3 is 23.9 Å². The number of carbonyl (C=O) groups excluding carboxylic acids is 3. The Kier molecular flexibility index (Phi) is 7.44. The van der Waals surface area contributed by atoms with Gasteiger partial charge in [-0.2, -0.15) is 0 Å². The highest BCUT2D eigenvalue weighted by Gasteiger charge is 2.34. The lowest BCUT2D eigenvalue weighted by Gasteiger charge is -2.13. The lowest BCUT2D eigenvalue weighted by atomic mass is 10.1. The minimum atomic E-state index is -0.649. The Morgan fingerprint density at radius 1 is 1.08 bits per heavy atom. The molecule has 10 heteroatoms. The van der Waals surface area contributed by atoms with Gasteiger partial charge in [-0.15, -0.1) is 0 Å². The number of amides is 3. The Balaban J connectivity index is 1.50. The number of esters is 1. The summed E-state index contributed by atoms with van der Waals surface area (Å²) in [5.41, 5.74) is 2.86. The second-order valence-corrected chi connectivity index (χ2v) is 8.79. The van der Waals surface area contributed by atoms with Gasteiger partial charge in [-0.3, -0.25) is 9.69 Å². The molecule has 1 aliphatic rings. The van der Waals surface area contributed by atoms with Crippen molar-refractivity contribution in [1.82, 2.24) is 10.2 Å². The summed E-state index contributed by atoms with van der Waals surface area (Å²) in [6.07, 6.45) is 1.54. The second-order valence-electron chi connectivity index (χ2n) is 7.94. The summed E-state index contributed by atoms with van der Waals surface area (Å²) in [7, 11) is 2.75. The smallest absolute Gasteiger partial charge is 0.373 e. The van der Waals surface area contributed by atoms with Gasteiger partial charge in [0.25, 0.3) is 5.91 Å². The molecule has 1 aromatic heterocycles. The minimum absolute atomic E-state index is 0.0176. The van der Waals surface area contributed by atoms with Crippen LogP contribution in [0.5, 0.6) is 11.5 Å². The zero-order chi connectivity index (χ0) is 25.8. The van der Waals surface area contributed by atoms with Crippen LogP contribution in [0.25, 0.3) is 6.08 Å². The normalized spacial score (nSPS) is 14.2. The molecular weight excluding hydrogens is 532 g/mol. The van der Waals surface area contributed by atoms with E-state index in [4.69, 9.17) is 13.9 Å². The molecule has 3 amide bonds. The highest BCUT2D eigenvalue weighted by atomic mass is 79.9. The van der Waals surface area contributed by atoms with E-state index in [0.717, 1.165) is 10.5 Å². The van der Waals surface area contributed by atoms with E-state index < -0.39 is 17.9 Å². The van der Waals surface area contributed by atoms with Gasteiger partial charge in [-0.25, -0.2) is 9.59 Å². The molecule has 0 radical (unpaired) electrons. The average Bonchev–Trinajstić information content (AvgIpc) is 3.45. The van der Waals surface area contributed by atoms with Crippen molar-refractivity contribution in [1.29, 1.82) is 0 Å². The van der Waals surface area contributed by atoms with Gasteiger partial charge in [0.15, 0.2) is 11.5 Å². The zero-order valence-electron chi connectivity index (χ0n) is 19.8. The number of carbonyl (C=O) groups is 3. The second kappa shape index (κ2) is 10.7. The van der Waals surface area contributed by atoms with E-state index in [1.54, 1.807) is 18.2 Å². The molecule has 2 heterocycles. The number of hydrogen-bond donors (Lipinski definition) is 1. The first-order chi connectivity index (χ1) is 17.3. The molecule has 0 unspecified atom stereocenters. The van der Waals surface area contributed by atoms with Crippen molar-refractivity contribution in [3.8, 4) is 11.5 Å². The molecule has 36 heavy (non-hydrogen) atoms. The van der Waals surface area contributed by atoms with E-state index in [0.29, 0.717) is 28.1 Å². The number of nitrogens with one attached hydrogen (secondary N) is 1. The fourth-order valence-corrected chi connectivity index (χ4v) is 3.92. The first-order valence-corrected chi connectivity index (χ1v) is 11.7. The maximum Gasteiger partial charge on any atom is 0.373 e. The number of aryl methyl sites for hydroxylation is 1. The third-order valence-electron chi connectivity index (χ3n) is 5.42. The number of urea groups is 1. The summed E-state index contributed by atoms with van der Waals surface area (Å²) < 4.78 is 22.0. The van der Waals surface area contributed by atoms with Crippen molar-refractivity contribution in [2.24, 2.45) is 0 Å². The summed E-state index contributed by atoms with van der Waals surface area (Å²) in [5, 5.41) is 2.57. The molecule has 9 nitrogen and oxygen atoms in total. The number of ether oxygens (including phenoxy) is 3. The van der Waals surface area contributed by atoms with E-state index in [9.17, 15) is 14.4 Å². The highest BCUT2D eigenvalue weighted by Crippen LogP contribution is 2.35. The predicted molar refractivity (Wildman–Crippen MR) is 133 cm³/mol. The van der Waals surface area contributed by atoms with Crippen LogP contribution in [0.2, 0.25) is 0 Å². The van der Waals surface area contributed by atoms with Crippen LogP contribution in [0.4, 0.5) is 4.79 Å². The zero-order valence-corrected chi connectivity index (χ0v) is 21.4. The summed E-state index contributed by atoms with van der Waals surface area (Å²) >= 11 is 3.50. The summed E-state index contributed by atoms with van der Waals surface area (Å²) in [6, 6.07) is 13.8. The summed E-state index contributed by atoms with van der Waals surface area (Å²) in [6.45, 7) is 2.24. The largest absolute Gasteiger partial charge is 0.493 e. The molecule has 0 bridgehead atoms. The summed E-state index contributed by atoms with van der Waals surface area (Å²) in [4.78, 5) is 37.9. The Labute approximate surface area is 215 Å². The maximum absolute atomic E-state index is 12.9. The molecule has 186 valence electrons. The standard InChI is InChI=1S/C26H23BrN2O7/c1-15-4-6-16(7-5-15)14-35-23-12-19(27)17(11-22(23)33-2)10-20-24(30)29(26(32)28-20)13-18-8-9-21(36-18)25(31)34-3/h4-12H,13-14H2,1-3H3,(H,28,32)/b20-10-. The number of benzene rings is 2. The minimum Gasteiger partial charge on any atom is -0.493 e. The number of furan rings is 1. The molecule has 0 atom stereocenters. The van der Waals surface area contributed by atoms with Gasteiger partial charge >= 0.3 is 12.0 Å². The van der Waals surface area contributed by atoms with Gasteiger partial charge in [-0.1, -0.05) is 45.8 Å². The van der Waals surface area contributed by atoms with Gasteiger partial charge in [0, 0.05) is 4.47 Å². The van der Waals surface area contributed by atoms with Gasteiger partial charge in [0.05, 0.1) is 20.8 Å². The lowest BCUT2D eigenvalue weighted by Crippen LogP contribution is -2.30. The fraction of sp³-hybridized carbons (Fsp3) is 0.192. The van der Waals surface area contributed by atoms with Crippen LogP contribution in [0.3, 0.4) is 0 Å². The van der Waals surface area contributed by atoms with Crippen LogP contribution in [0, 0.1) is 6.92 Å². The molecule has 4 rings (SSSR count). The lowest BCUT2D eigenvalue weighted by molar-refractivity contribution is -0.123. The number of methoxy groups -OCH3 is 2. The summed E-state index contributed by atoms with van der Waals surface area (Å²) in [5.74, 6) is 0.0475. The van der Waals surface area contributed by atoms with Crippen molar-refractivity contribution in [3.05, 3.63) is 86.9 Å². The van der Waals surface area contributed by atoms with Crippen LogP contribution in [0.15, 0.2) is 63.1 Å². The topological polar surface area (TPSA) is 107 Å². The van der Waals surface area contributed by atoms with Crippen molar-refractivity contribution >= 4 is 39.9 Å². The third-order valence-corrected chi connectivity index (χ3v) is 6.11. The SMILES string of the molecule is COC(=O)c1ccc(CN2C(=O)N/C(=C\c3cc(OC)c(OCc4ccc(C)cc4)cc3Br)C2=O)o1. The molecular formula is C26H23BrN2O7. The first kappa shape index (κ1) is 25.1. The van der Waals surface area contributed by atoms with Crippen molar-refractivity contribution < 1.29 is 33.0 Å². The first-order valence-electron chi connectivity index (χ1n) is 10.9. The Hall–Kier alpha value is -4.05. The number of nitrogens with zero attached hydrogens (tertiary/aromatic N) is 1. The van der Waals surface area contributed by atoms with Crippen LogP contribution >= 0.6 is 15.9 Å². The number of hydrogen-bond acceptors (Lipinski definition) is 7. The van der Waals surface area contributed by atoms with E-state index in [2.05, 4.69) is 26.0 Å². The predicted octanol–water partition coefficient (Wildman–Crippen LogP) is 4.82. The van der Waals surface area contributed by atoms with E-state index in [1.165, 1.54) is 31.9 Å². The monoisotopic (exact) mass is 554 g/mol. The Morgan fingerprint density at radius 2 is 1.83 bits per heavy atom. The number of halogens is 1. The highest BCUT2D eigenvalue weighted by molar-refractivity contribution is 9.10. The third kappa shape index (κ3) is 5.44. The van der Waals surface area contributed by atoms with Crippen LogP contribution < -0.4 is 14.8 Å². The molecule has 3 aromatic rings. The molecule has 1 aliphatic heterocycles. The van der Waals surface area contributed by atoms with Gasteiger partial charge in [0.1, 0.15) is 18.1 Å². The Bertz CT molecular complexity index is 1340. The molecule has 0 spiro atoms. The molecule has 2 aromatic carbocycles. The van der Waals surface area contributed by atoms with Crippen LogP contribution in [-0.2, 0) is 22.7 Å². The van der Waals surface area contributed by atoms with Crippen molar-refractivity contribution in [3.63, 3.8) is 0 Å². The Morgan fingerprint density at radius 3 is 2.53 bits per heavy atom. The van der Waals surface area contributed by atoms with E-state index in [-0.39, 0.29) is 23.8 Å². The average molecular weight is 555 g/mol. The molecule has 0 aliphatic carbocycles. The van der Waals surface area contributed by atoms with Crippen molar-refractivity contribution in [2.45, 2.75) is 20.1 Å². The molecule has 1 fully saturated rings. The van der Waals surface area contributed by atoms with E-state index >= 15 is 0 Å². The fourth-order valence-electron chi connectivity index (χ4n) is 3.48.